The Labute approximate surface area is 118 Å². The number of urea groups is 1. The van der Waals surface area contributed by atoms with Crippen molar-refractivity contribution in [1.82, 2.24) is 4.98 Å². The van der Waals surface area contributed by atoms with Gasteiger partial charge in [-0.05, 0) is 55.5 Å². The van der Waals surface area contributed by atoms with Gasteiger partial charge in [0.15, 0.2) is 0 Å². The van der Waals surface area contributed by atoms with Crippen LogP contribution >= 0.6 is 0 Å². The molecule has 2 aromatic rings. The third-order valence-electron chi connectivity index (χ3n) is 3.45. The molecule has 4 heteroatoms. The summed E-state index contributed by atoms with van der Waals surface area (Å²) in [5.41, 5.74) is 5.06. The lowest BCUT2D eigenvalue weighted by molar-refractivity contribution is 0.262. The van der Waals surface area contributed by atoms with Gasteiger partial charge in [0.2, 0.25) is 0 Å². The Morgan fingerprint density at radius 2 is 2.00 bits per heavy atom. The van der Waals surface area contributed by atoms with Crippen molar-refractivity contribution in [2.45, 2.75) is 26.2 Å². The molecule has 1 aliphatic rings. The summed E-state index contributed by atoms with van der Waals surface area (Å²) in [6.45, 7) is 1.99. The smallest absolute Gasteiger partial charge is 0.308 e. The van der Waals surface area contributed by atoms with Crippen LogP contribution in [0.1, 0.15) is 23.2 Å². The fourth-order valence-electron chi connectivity index (χ4n) is 2.51. The van der Waals surface area contributed by atoms with E-state index in [1.165, 1.54) is 5.56 Å². The number of hydrogen-bond acceptors (Lipinski definition) is 2. The number of anilines is 2. The van der Waals surface area contributed by atoms with Gasteiger partial charge in [-0.1, -0.05) is 12.1 Å². The van der Waals surface area contributed by atoms with Gasteiger partial charge in [0.25, 0.3) is 0 Å². The van der Waals surface area contributed by atoms with Gasteiger partial charge >= 0.3 is 6.03 Å². The van der Waals surface area contributed by atoms with Crippen LogP contribution < -0.4 is 10.6 Å². The van der Waals surface area contributed by atoms with Crippen LogP contribution in [0.4, 0.5) is 16.2 Å². The van der Waals surface area contributed by atoms with E-state index in [9.17, 15) is 4.79 Å². The zero-order chi connectivity index (χ0) is 13.9. The number of carbonyl (C=O) groups excluding carboxylic acids is 1. The molecule has 1 heterocycles. The highest BCUT2D eigenvalue weighted by molar-refractivity contribution is 5.99. The minimum Gasteiger partial charge on any atom is -0.308 e. The summed E-state index contributed by atoms with van der Waals surface area (Å²) in [6, 6.07) is 9.49. The van der Waals surface area contributed by atoms with Crippen LogP contribution in [0.2, 0.25) is 0 Å². The number of benzene rings is 1. The van der Waals surface area contributed by atoms with Crippen LogP contribution in [0.5, 0.6) is 0 Å². The van der Waals surface area contributed by atoms with E-state index in [0.717, 1.165) is 41.9 Å². The summed E-state index contributed by atoms with van der Waals surface area (Å²) >= 11 is 0. The number of pyridine rings is 1. The van der Waals surface area contributed by atoms with Crippen LogP contribution in [-0.4, -0.2) is 11.0 Å². The standard InChI is InChI=1S/C16H17N3O/c1-11-4-2-6-13(8-11)18-16(20)19-14-9-12-5-3-7-15(12)17-10-14/h2,4,6,8-10H,3,5,7H2,1H3,(H2,18,19,20). The van der Waals surface area contributed by atoms with Gasteiger partial charge in [-0.3, -0.25) is 4.98 Å². The predicted molar refractivity (Wildman–Crippen MR) is 80.1 cm³/mol. The molecule has 0 aliphatic heterocycles. The summed E-state index contributed by atoms with van der Waals surface area (Å²) in [5, 5.41) is 5.65. The van der Waals surface area contributed by atoms with Crippen LogP contribution in [0, 0.1) is 6.92 Å². The first kappa shape index (κ1) is 12.7. The third kappa shape index (κ3) is 2.79. The number of fused-ring (bicyclic) bond motifs is 1. The number of nitrogens with one attached hydrogen (secondary N) is 2. The van der Waals surface area contributed by atoms with Gasteiger partial charge in [0.1, 0.15) is 0 Å². The summed E-state index contributed by atoms with van der Waals surface area (Å²) in [5.74, 6) is 0. The Balaban J connectivity index is 1.67. The molecule has 0 spiro atoms. The van der Waals surface area contributed by atoms with Crippen LogP contribution in [-0.2, 0) is 12.8 Å². The molecule has 102 valence electrons. The second-order valence-corrected chi connectivity index (χ2v) is 5.13. The van der Waals surface area contributed by atoms with Crippen LogP contribution in [0.25, 0.3) is 0 Å². The monoisotopic (exact) mass is 267 g/mol. The van der Waals surface area contributed by atoms with E-state index in [1.807, 2.05) is 37.3 Å². The SMILES string of the molecule is Cc1cccc(NC(=O)Nc2cnc3c(c2)CCC3)c1. The van der Waals surface area contributed by atoms with Gasteiger partial charge in [-0.25, -0.2) is 4.79 Å². The van der Waals surface area contributed by atoms with E-state index in [0.29, 0.717) is 0 Å². The van der Waals surface area contributed by atoms with Crippen LogP contribution in [0.3, 0.4) is 0 Å². The number of rotatable bonds is 2. The maximum absolute atomic E-state index is 11.9. The van der Waals surface area contributed by atoms with Crippen LogP contribution in [0.15, 0.2) is 36.5 Å². The molecule has 0 atom stereocenters. The average Bonchev–Trinajstić information content (AvgIpc) is 2.86. The molecule has 2 N–H and O–H groups in total. The molecule has 4 nitrogen and oxygen atoms in total. The van der Waals surface area contributed by atoms with E-state index in [4.69, 9.17) is 0 Å². The Hall–Kier alpha value is -2.36. The zero-order valence-electron chi connectivity index (χ0n) is 11.4. The van der Waals surface area contributed by atoms with Gasteiger partial charge in [0.05, 0.1) is 11.9 Å². The summed E-state index contributed by atoms with van der Waals surface area (Å²) < 4.78 is 0. The molecule has 1 aromatic carbocycles. The first-order valence-corrected chi connectivity index (χ1v) is 6.83. The van der Waals surface area contributed by atoms with Crippen molar-refractivity contribution in [1.29, 1.82) is 0 Å². The molecule has 0 saturated carbocycles. The van der Waals surface area contributed by atoms with Crippen molar-refractivity contribution in [2.24, 2.45) is 0 Å². The van der Waals surface area contributed by atoms with Crippen molar-refractivity contribution in [2.75, 3.05) is 10.6 Å². The van der Waals surface area contributed by atoms with Crippen molar-refractivity contribution in [3.05, 3.63) is 53.3 Å². The molecule has 20 heavy (non-hydrogen) atoms. The maximum atomic E-state index is 11.9. The summed E-state index contributed by atoms with van der Waals surface area (Å²) in [6.07, 6.45) is 4.98. The molecule has 0 unspecified atom stereocenters. The molecule has 1 aliphatic carbocycles. The zero-order valence-corrected chi connectivity index (χ0v) is 11.4. The van der Waals surface area contributed by atoms with Gasteiger partial charge in [0, 0.05) is 11.4 Å². The number of amides is 2. The molecular formula is C16H17N3O. The van der Waals surface area contributed by atoms with Crippen molar-refractivity contribution >= 4 is 17.4 Å². The van der Waals surface area contributed by atoms with Crippen molar-refractivity contribution in [3.63, 3.8) is 0 Å². The van der Waals surface area contributed by atoms with E-state index in [-0.39, 0.29) is 6.03 Å². The average molecular weight is 267 g/mol. The third-order valence-corrected chi connectivity index (χ3v) is 3.45. The Bertz CT molecular complexity index is 652. The highest BCUT2D eigenvalue weighted by Crippen LogP contribution is 2.22. The number of nitrogens with zero attached hydrogens (tertiary/aromatic N) is 1. The highest BCUT2D eigenvalue weighted by Gasteiger charge is 2.13. The number of aromatic nitrogens is 1. The van der Waals surface area contributed by atoms with Gasteiger partial charge in [-0.2, -0.15) is 0 Å². The Kier molecular flexibility index (Phi) is 3.37. The molecule has 0 saturated heterocycles. The van der Waals surface area contributed by atoms with E-state index in [1.54, 1.807) is 6.20 Å². The van der Waals surface area contributed by atoms with Gasteiger partial charge < -0.3 is 10.6 Å². The molecule has 2 amide bonds. The topological polar surface area (TPSA) is 54.0 Å². The normalized spacial score (nSPS) is 12.8. The van der Waals surface area contributed by atoms with E-state index in [2.05, 4.69) is 15.6 Å². The fourth-order valence-corrected chi connectivity index (χ4v) is 2.51. The highest BCUT2D eigenvalue weighted by atomic mass is 16.2. The number of aryl methyl sites for hydroxylation is 3. The maximum Gasteiger partial charge on any atom is 0.323 e. The largest absolute Gasteiger partial charge is 0.323 e. The quantitative estimate of drug-likeness (QED) is 0.874. The first-order chi connectivity index (χ1) is 9.70. The minimum absolute atomic E-state index is 0.240. The summed E-state index contributed by atoms with van der Waals surface area (Å²) in [4.78, 5) is 16.3. The molecule has 0 radical (unpaired) electrons. The molecular weight excluding hydrogens is 250 g/mol. The van der Waals surface area contributed by atoms with E-state index >= 15 is 0 Å². The van der Waals surface area contributed by atoms with Crippen molar-refractivity contribution < 1.29 is 4.79 Å². The first-order valence-electron chi connectivity index (χ1n) is 6.83. The molecule has 0 bridgehead atoms. The lowest BCUT2D eigenvalue weighted by atomic mass is 10.2. The number of carbonyl (C=O) groups is 1. The molecule has 0 fully saturated rings. The number of hydrogen-bond donors (Lipinski definition) is 2. The molecule has 1 aromatic heterocycles. The second-order valence-electron chi connectivity index (χ2n) is 5.13. The summed E-state index contributed by atoms with van der Waals surface area (Å²) in [7, 11) is 0. The second kappa shape index (κ2) is 5.33. The predicted octanol–water partition coefficient (Wildman–Crippen LogP) is 3.52. The van der Waals surface area contributed by atoms with E-state index < -0.39 is 0 Å². The minimum atomic E-state index is -0.240. The molecule has 3 rings (SSSR count). The lowest BCUT2D eigenvalue weighted by Crippen LogP contribution is -2.19. The fraction of sp³-hybridized carbons (Fsp3) is 0.250. The van der Waals surface area contributed by atoms with Gasteiger partial charge in [-0.15, -0.1) is 0 Å². The van der Waals surface area contributed by atoms with Crippen molar-refractivity contribution in [3.8, 4) is 0 Å². The Morgan fingerprint density at radius 3 is 2.85 bits per heavy atom. The lowest BCUT2D eigenvalue weighted by Gasteiger charge is -2.09. The Morgan fingerprint density at radius 1 is 1.15 bits per heavy atom.